The van der Waals surface area contributed by atoms with Crippen LogP contribution in [0.3, 0.4) is 0 Å². The summed E-state index contributed by atoms with van der Waals surface area (Å²) in [5.41, 5.74) is 3.02. The summed E-state index contributed by atoms with van der Waals surface area (Å²) in [7, 11) is -0.548. The molecule has 37 heavy (non-hydrogen) atoms. The lowest BCUT2D eigenvalue weighted by Gasteiger charge is -2.32. The number of pyridine rings is 1. The van der Waals surface area contributed by atoms with Gasteiger partial charge in [0.15, 0.2) is 0 Å². The van der Waals surface area contributed by atoms with Gasteiger partial charge < -0.3 is 9.31 Å². The Kier molecular flexibility index (Phi) is 4.79. The maximum atomic E-state index is 6.49. The fourth-order valence-electron chi connectivity index (χ4n) is 5.57. The molecule has 0 unspecified atom stereocenters. The summed E-state index contributed by atoms with van der Waals surface area (Å²) in [6.07, 6.45) is 0. The van der Waals surface area contributed by atoms with E-state index < -0.39 is 18.3 Å². The highest BCUT2D eigenvalue weighted by Crippen LogP contribution is 2.39. The van der Waals surface area contributed by atoms with Gasteiger partial charge in [0.2, 0.25) is 0 Å². The van der Waals surface area contributed by atoms with Crippen molar-refractivity contribution in [1.82, 2.24) is 4.98 Å². The Morgan fingerprint density at radius 2 is 1.08 bits per heavy atom. The average Bonchev–Trinajstić information content (AvgIpc) is 3.14. The van der Waals surface area contributed by atoms with Crippen molar-refractivity contribution in [3.63, 3.8) is 0 Å². The molecule has 0 saturated carbocycles. The summed E-state index contributed by atoms with van der Waals surface area (Å²) in [5, 5.41) is 8.66. The van der Waals surface area contributed by atoms with Crippen LogP contribution >= 0.6 is 0 Å². The number of hydrogen-bond acceptors (Lipinski definition) is 3. The summed E-state index contributed by atoms with van der Waals surface area (Å²) in [5.74, 6) is 0. The predicted octanol–water partition coefficient (Wildman–Crippen LogP) is 7.66. The molecule has 5 aromatic carbocycles. The Labute approximate surface area is 217 Å². The summed E-state index contributed by atoms with van der Waals surface area (Å²) >= 11 is 0. The van der Waals surface area contributed by atoms with Crippen LogP contribution < -0.4 is 5.59 Å². The molecule has 0 N–H and O–H groups in total. The molecular weight excluding hydrogens is 453 g/mol. The molecule has 4 heteroatoms. The first-order valence-corrected chi connectivity index (χ1v) is 12.9. The fraction of sp³-hybridized carbons (Fsp3) is 0.182. The molecule has 0 aliphatic carbocycles. The van der Waals surface area contributed by atoms with Gasteiger partial charge in [-0.3, -0.25) is 4.98 Å². The molecule has 3 nitrogen and oxygen atoms in total. The summed E-state index contributed by atoms with van der Waals surface area (Å²) < 4.78 is 13.0. The SMILES string of the molecule is CC1(C)OB(c2nc3ccccc3cc2-c2ccc3c4ccccc4c4ccccc4c3c2)OC1(C)C. The van der Waals surface area contributed by atoms with Crippen molar-refractivity contribution in [2.45, 2.75) is 38.9 Å². The Morgan fingerprint density at radius 1 is 0.568 bits per heavy atom. The highest BCUT2D eigenvalue weighted by Gasteiger charge is 2.53. The van der Waals surface area contributed by atoms with E-state index in [-0.39, 0.29) is 0 Å². The highest BCUT2D eigenvalue weighted by molar-refractivity contribution is 6.63. The van der Waals surface area contributed by atoms with Crippen LogP contribution in [0.1, 0.15) is 27.7 Å². The van der Waals surface area contributed by atoms with E-state index in [0.717, 1.165) is 27.6 Å². The largest absolute Gasteiger partial charge is 0.515 e. The molecule has 1 aliphatic heterocycles. The molecule has 1 aliphatic rings. The van der Waals surface area contributed by atoms with E-state index >= 15 is 0 Å². The Morgan fingerprint density at radius 3 is 1.70 bits per heavy atom. The van der Waals surface area contributed by atoms with Gasteiger partial charge in [-0.1, -0.05) is 78.9 Å². The minimum absolute atomic E-state index is 0.444. The normalized spacial score (nSPS) is 16.8. The van der Waals surface area contributed by atoms with Crippen molar-refractivity contribution in [2.75, 3.05) is 0 Å². The Hall–Kier alpha value is -3.73. The zero-order valence-corrected chi connectivity index (χ0v) is 21.6. The van der Waals surface area contributed by atoms with Gasteiger partial charge in [-0.05, 0) is 83.8 Å². The second-order valence-corrected chi connectivity index (χ2v) is 11.1. The molecule has 0 spiro atoms. The lowest BCUT2D eigenvalue weighted by molar-refractivity contribution is 0.00578. The lowest BCUT2D eigenvalue weighted by atomic mass is 9.78. The van der Waals surface area contributed by atoms with Crippen molar-refractivity contribution in [3.05, 3.63) is 97.1 Å². The summed E-state index contributed by atoms with van der Waals surface area (Å²) in [6, 6.07) is 34.6. The van der Waals surface area contributed by atoms with E-state index in [0.29, 0.717) is 0 Å². The summed E-state index contributed by atoms with van der Waals surface area (Å²) in [6.45, 7) is 8.34. The van der Waals surface area contributed by atoms with E-state index in [1.165, 1.54) is 32.3 Å². The van der Waals surface area contributed by atoms with Gasteiger partial charge in [0, 0.05) is 10.9 Å². The van der Waals surface area contributed by atoms with Gasteiger partial charge in [0.05, 0.1) is 22.3 Å². The third kappa shape index (κ3) is 3.40. The van der Waals surface area contributed by atoms with E-state index in [1.54, 1.807) is 0 Å². The number of hydrogen-bond donors (Lipinski definition) is 0. The zero-order valence-electron chi connectivity index (χ0n) is 21.6. The fourth-order valence-corrected chi connectivity index (χ4v) is 5.57. The second-order valence-electron chi connectivity index (χ2n) is 11.1. The maximum absolute atomic E-state index is 6.49. The third-order valence-electron chi connectivity index (χ3n) is 8.29. The molecule has 0 amide bonds. The molecule has 7 rings (SSSR count). The van der Waals surface area contributed by atoms with Crippen LogP contribution in [0.5, 0.6) is 0 Å². The topological polar surface area (TPSA) is 31.4 Å². The number of aromatic nitrogens is 1. The first kappa shape index (κ1) is 22.5. The molecule has 0 bridgehead atoms. The Bertz CT molecular complexity index is 1810. The second kappa shape index (κ2) is 7.88. The van der Waals surface area contributed by atoms with Gasteiger partial charge in [-0.15, -0.1) is 0 Å². The standard InChI is InChI=1S/C33H28BNO2/c1-32(2)33(3,4)37-34(36-32)31-28(20-22-11-5-10-16-30(22)35-31)21-17-18-27-25-14-7-6-12-23(25)24-13-8-9-15-26(24)29(27)19-21/h5-20H,1-4H3. The Balaban J connectivity index is 1.51. The van der Waals surface area contributed by atoms with Crippen LogP contribution in [-0.4, -0.2) is 23.3 Å². The van der Waals surface area contributed by atoms with Gasteiger partial charge in [-0.2, -0.15) is 0 Å². The monoisotopic (exact) mass is 481 g/mol. The van der Waals surface area contributed by atoms with Crippen molar-refractivity contribution >= 4 is 55.9 Å². The number of benzene rings is 5. The summed E-state index contributed by atoms with van der Waals surface area (Å²) in [4.78, 5) is 5.11. The van der Waals surface area contributed by atoms with Crippen LogP contribution in [-0.2, 0) is 9.31 Å². The van der Waals surface area contributed by atoms with Gasteiger partial charge in [0.1, 0.15) is 0 Å². The van der Waals surface area contributed by atoms with E-state index in [2.05, 4.69) is 113 Å². The van der Waals surface area contributed by atoms with E-state index in [9.17, 15) is 0 Å². The van der Waals surface area contributed by atoms with Gasteiger partial charge >= 0.3 is 7.12 Å². The van der Waals surface area contributed by atoms with Gasteiger partial charge in [0.25, 0.3) is 0 Å². The number of nitrogens with zero attached hydrogens (tertiary/aromatic N) is 1. The smallest absolute Gasteiger partial charge is 0.398 e. The van der Waals surface area contributed by atoms with Crippen molar-refractivity contribution in [3.8, 4) is 11.1 Å². The third-order valence-corrected chi connectivity index (χ3v) is 8.29. The first-order valence-electron chi connectivity index (χ1n) is 12.9. The van der Waals surface area contributed by atoms with E-state index in [1.807, 2.05) is 12.1 Å². The average molecular weight is 481 g/mol. The molecule has 1 aromatic heterocycles. The maximum Gasteiger partial charge on any atom is 0.515 e. The molecule has 0 atom stereocenters. The molecule has 2 heterocycles. The van der Waals surface area contributed by atoms with Crippen LogP contribution in [0.4, 0.5) is 0 Å². The van der Waals surface area contributed by atoms with Crippen LogP contribution in [0.15, 0.2) is 97.1 Å². The molecule has 6 aromatic rings. The van der Waals surface area contributed by atoms with Crippen molar-refractivity contribution < 1.29 is 9.31 Å². The molecule has 180 valence electrons. The first-order chi connectivity index (χ1) is 17.8. The van der Waals surface area contributed by atoms with Crippen molar-refractivity contribution in [2.24, 2.45) is 0 Å². The predicted molar refractivity (Wildman–Crippen MR) is 155 cm³/mol. The van der Waals surface area contributed by atoms with Crippen LogP contribution in [0.25, 0.3) is 54.3 Å². The quantitative estimate of drug-likeness (QED) is 0.188. The molecule has 1 saturated heterocycles. The van der Waals surface area contributed by atoms with Gasteiger partial charge in [-0.25, -0.2) is 0 Å². The zero-order chi connectivity index (χ0) is 25.4. The van der Waals surface area contributed by atoms with Crippen LogP contribution in [0, 0.1) is 0 Å². The van der Waals surface area contributed by atoms with E-state index in [4.69, 9.17) is 14.3 Å². The number of rotatable bonds is 2. The number of fused-ring (bicyclic) bond motifs is 7. The van der Waals surface area contributed by atoms with Crippen molar-refractivity contribution in [1.29, 1.82) is 0 Å². The molecular formula is C33H28BNO2. The minimum Gasteiger partial charge on any atom is -0.398 e. The molecule has 0 radical (unpaired) electrons. The lowest BCUT2D eigenvalue weighted by Crippen LogP contribution is -2.41. The van der Waals surface area contributed by atoms with Crippen LogP contribution in [0.2, 0.25) is 0 Å². The highest BCUT2D eigenvalue weighted by atomic mass is 16.7. The molecule has 1 fully saturated rings. The minimum atomic E-state index is -0.548. The number of para-hydroxylation sites is 1.